The summed E-state index contributed by atoms with van der Waals surface area (Å²) in [5.74, 6) is -3.00. The van der Waals surface area contributed by atoms with Crippen molar-refractivity contribution in [3.05, 3.63) is 116 Å². The van der Waals surface area contributed by atoms with Crippen LogP contribution in [0.25, 0.3) is 11.0 Å². The van der Waals surface area contributed by atoms with Crippen molar-refractivity contribution >= 4 is 22.9 Å². The summed E-state index contributed by atoms with van der Waals surface area (Å²) in [6.45, 7) is 7.47. The number of amides is 1. The average Bonchev–Trinajstić information content (AvgIpc) is 3.63. The van der Waals surface area contributed by atoms with Crippen LogP contribution in [0.1, 0.15) is 74.5 Å². The van der Waals surface area contributed by atoms with Gasteiger partial charge in [-0.1, -0.05) is 41.6 Å². The number of aromatic nitrogens is 3. The first kappa shape index (κ1) is 29.7. The van der Waals surface area contributed by atoms with Gasteiger partial charge in [0.1, 0.15) is 16.7 Å². The molecule has 9 bridgehead atoms. The maximum atomic E-state index is 13.6. The molecule has 1 amide bonds. The van der Waals surface area contributed by atoms with Gasteiger partial charge in [-0.3, -0.25) is 9.59 Å². The Morgan fingerprint density at radius 2 is 1.80 bits per heavy atom. The minimum Gasteiger partial charge on any atom is -0.480 e. The first-order chi connectivity index (χ1) is 22.1. The highest BCUT2D eigenvalue weighted by atomic mass is 16.6. The first-order valence-electron chi connectivity index (χ1n) is 15.4. The molecule has 11 heteroatoms. The van der Waals surface area contributed by atoms with Gasteiger partial charge in [0.2, 0.25) is 0 Å². The highest BCUT2D eigenvalue weighted by Crippen LogP contribution is 2.47. The standard InChI is InChI=1S/C35H34N4O7/c1-20-27-11-12-28-30(20)36-37-39(28)14-4-16-44-19-22-5-7-24(8-6-22)32(40)38-15-13-23-9-10-25(17-26(23)18-38)29(27)35(3,33(41)42)31-21(2)45-34(43)46-31/h5-12,17,29H,4,13-16,18-19H2,1-3H3,(H,41,42). The van der Waals surface area contributed by atoms with E-state index in [2.05, 4.69) is 10.3 Å². The van der Waals surface area contributed by atoms with Gasteiger partial charge in [0.05, 0.1) is 12.1 Å². The molecule has 0 spiro atoms. The van der Waals surface area contributed by atoms with E-state index in [9.17, 15) is 19.5 Å². The fourth-order valence-corrected chi connectivity index (χ4v) is 7.02. The Kier molecular flexibility index (Phi) is 7.35. The topological polar surface area (TPSA) is 141 Å². The number of carboxylic acid groups (broad SMARTS) is 1. The molecule has 3 aromatic carbocycles. The third kappa shape index (κ3) is 4.91. The molecular formula is C35H34N4O7. The van der Waals surface area contributed by atoms with E-state index in [1.54, 1.807) is 6.92 Å². The number of nitrogens with zero attached hydrogens (tertiary/aromatic N) is 4. The number of hydrogen-bond acceptors (Lipinski definition) is 8. The Bertz CT molecular complexity index is 2040. The molecule has 1 N–H and O–H groups in total. The highest BCUT2D eigenvalue weighted by molar-refractivity contribution is 5.94. The zero-order valence-corrected chi connectivity index (χ0v) is 25.9. The zero-order valence-electron chi connectivity index (χ0n) is 25.9. The third-order valence-corrected chi connectivity index (χ3v) is 9.52. The summed E-state index contributed by atoms with van der Waals surface area (Å²) >= 11 is 0. The SMILES string of the molecule is Cc1oc(=O)oc1C(C)(C(=O)O)C1c2ccc3c(c2)CN(CC3)C(=O)c2ccc(cc2)COCCCn2nnc3c(C)c1ccc32. The average molecular weight is 623 g/mol. The normalized spacial score (nSPS) is 18.3. The summed E-state index contributed by atoms with van der Waals surface area (Å²) < 4.78 is 18.4. The molecular weight excluding hydrogens is 588 g/mol. The molecule has 2 aromatic heterocycles. The predicted molar refractivity (Wildman–Crippen MR) is 167 cm³/mol. The number of hydrogen-bond donors (Lipinski definition) is 1. The summed E-state index contributed by atoms with van der Waals surface area (Å²) in [5, 5.41) is 19.9. The summed E-state index contributed by atoms with van der Waals surface area (Å²) in [5.41, 5.74) is 5.50. The van der Waals surface area contributed by atoms with Crippen LogP contribution in [0, 0.1) is 13.8 Å². The van der Waals surface area contributed by atoms with E-state index < -0.39 is 23.1 Å². The van der Waals surface area contributed by atoms with Gasteiger partial charge in [0, 0.05) is 37.7 Å². The Labute approximate surface area is 264 Å². The zero-order chi connectivity index (χ0) is 32.2. The second-order valence-corrected chi connectivity index (χ2v) is 12.3. The van der Waals surface area contributed by atoms with Crippen LogP contribution < -0.4 is 5.82 Å². The monoisotopic (exact) mass is 622 g/mol. The number of aryl methyl sites for hydroxylation is 3. The van der Waals surface area contributed by atoms with Crippen molar-refractivity contribution in [1.29, 1.82) is 0 Å². The van der Waals surface area contributed by atoms with E-state index in [1.807, 2.05) is 71.1 Å². The van der Waals surface area contributed by atoms with Gasteiger partial charge >= 0.3 is 11.8 Å². The maximum Gasteiger partial charge on any atom is 0.519 e. The van der Waals surface area contributed by atoms with Crippen molar-refractivity contribution in [1.82, 2.24) is 19.9 Å². The van der Waals surface area contributed by atoms with E-state index in [1.165, 1.54) is 6.92 Å². The minimum absolute atomic E-state index is 0.0540. The maximum absolute atomic E-state index is 13.6. The van der Waals surface area contributed by atoms with E-state index in [0.29, 0.717) is 67.9 Å². The van der Waals surface area contributed by atoms with Gasteiger partial charge < -0.3 is 23.6 Å². The lowest BCUT2D eigenvalue weighted by Crippen LogP contribution is -2.40. The van der Waals surface area contributed by atoms with Crippen molar-refractivity contribution in [3.63, 3.8) is 0 Å². The first-order valence-corrected chi connectivity index (χ1v) is 15.4. The molecule has 5 aliphatic heterocycles. The molecule has 0 aliphatic carbocycles. The largest absolute Gasteiger partial charge is 0.519 e. The number of carbonyl (C=O) groups excluding carboxylic acids is 1. The summed E-state index contributed by atoms with van der Waals surface area (Å²) in [4.78, 5) is 41.1. The summed E-state index contributed by atoms with van der Waals surface area (Å²) in [6.07, 6.45) is 1.37. The Morgan fingerprint density at radius 3 is 2.54 bits per heavy atom. The molecule has 0 fully saturated rings. The molecule has 5 aliphatic rings. The van der Waals surface area contributed by atoms with Gasteiger partial charge in [-0.25, -0.2) is 9.48 Å². The lowest BCUT2D eigenvalue weighted by Gasteiger charge is -2.35. The second kappa shape index (κ2) is 11.4. The molecule has 5 aromatic rings. The van der Waals surface area contributed by atoms with Crippen LogP contribution in [-0.4, -0.2) is 50.0 Å². The van der Waals surface area contributed by atoms with Crippen LogP contribution in [0.15, 0.2) is 68.2 Å². The lowest BCUT2D eigenvalue weighted by atomic mass is 9.66. The summed E-state index contributed by atoms with van der Waals surface area (Å²) in [6, 6.07) is 17.3. The van der Waals surface area contributed by atoms with Crippen LogP contribution in [0.3, 0.4) is 0 Å². The van der Waals surface area contributed by atoms with Gasteiger partial charge in [0.15, 0.2) is 5.76 Å². The Morgan fingerprint density at radius 1 is 1.00 bits per heavy atom. The van der Waals surface area contributed by atoms with Crippen molar-refractivity contribution in [2.75, 3.05) is 13.2 Å². The molecule has 11 nitrogen and oxygen atoms in total. The minimum atomic E-state index is -1.75. The van der Waals surface area contributed by atoms with E-state index in [4.69, 9.17) is 13.6 Å². The number of carboxylic acids is 1. The van der Waals surface area contributed by atoms with Crippen LogP contribution in [0.2, 0.25) is 0 Å². The van der Waals surface area contributed by atoms with Crippen LogP contribution >= 0.6 is 0 Å². The summed E-state index contributed by atoms with van der Waals surface area (Å²) in [7, 11) is 0. The molecule has 2 atom stereocenters. The fourth-order valence-electron chi connectivity index (χ4n) is 7.02. The van der Waals surface area contributed by atoms with Crippen molar-refractivity contribution in [2.24, 2.45) is 0 Å². The highest BCUT2D eigenvalue weighted by Gasteiger charge is 2.50. The number of rotatable bonds is 3. The number of aliphatic carboxylic acids is 1. The second-order valence-electron chi connectivity index (χ2n) is 12.3. The fraction of sp³-hybridized carbons (Fsp3) is 0.343. The Balaban J connectivity index is 1.43. The van der Waals surface area contributed by atoms with Gasteiger partial charge in [0.25, 0.3) is 5.91 Å². The third-order valence-electron chi connectivity index (χ3n) is 9.52. The van der Waals surface area contributed by atoms with E-state index >= 15 is 0 Å². The lowest BCUT2D eigenvalue weighted by molar-refractivity contribution is -0.144. The smallest absolute Gasteiger partial charge is 0.480 e. The van der Waals surface area contributed by atoms with E-state index in [0.717, 1.165) is 27.8 Å². The number of benzene rings is 3. The molecule has 46 heavy (non-hydrogen) atoms. The van der Waals surface area contributed by atoms with Crippen molar-refractivity contribution in [3.8, 4) is 0 Å². The molecule has 7 heterocycles. The quantitative estimate of drug-likeness (QED) is 0.298. The van der Waals surface area contributed by atoms with Crippen LogP contribution in [0.4, 0.5) is 0 Å². The molecule has 10 rings (SSSR count). The van der Waals surface area contributed by atoms with Gasteiger partial charge in [-0.15, -0.1) is 5.10 Å². The molecule has 0 saturated heterocycles. The predicted octanol–water partition coefficient (Wildman–Crippen LogP) is 4.89. The van der Waals surface area contributed by atoms with E-state index in [-0.39, 0.29) is 17.4 Å². The molecule has 0 radical (unpaired) electrons. The van der Waals surface area contributed by atoms with Crippen molar-refractivity contribution < 1.29 is 28.3 Å². The molecule has 0 saturated carbocycles. The number of ether oxygens (including phenoxy) is 1. The Hall–Kier alpha value is -5.03. The van der Waals surface area contributed by atoms with Crippen LogP contribution in [-0.2, 0) is 41.1 Å². The van der Waals surface area contributed by atoms with Gasteiger partial charge in [-0.05, 0) is 85.2 Å². The van der Waals surface area contributed by atoms with Crippen molar-refractivity contribution in [2.45, 2.75) is 64.6 Å². The van der Waals surface area contributed by atoms with Crippen LogP contribution in [0.5, 0.6) is 0 Å². The van der Waals surface area contributed by atoms with Gasteiger partial charge in [-0.2, -0.15) is 0 Å². The number of carbonyl (C=O) groups is 2. The molecule has 2 unspecified atom stereocenters. The molecule has 236 valence electrons.